The van der Waals surface area contributed by atoms with Gasteiger partial charge < -0.3 is 19.8 Å². The van der Waals surface area contributed by atoms with Gasteiger partial charge in [0.15, 0.2) is 5.76 Å². The van der Waals surface area contributed by atoms with Gasteiger partial charge in [-0.3, -0.25) is 9.59 Å². The van der Waals surface area contributed by atoms with Crippen LogP contribution in [0.25, 0.3) is 10.8 Å². The highest BCUT2D eigenvalue weighted by molar-refractivity contribution is 5.94. The third-order valence-corrected chi connectivity index (χ3v) is 5.96. The Bertz CT molecular complexity index is 1320. The number of fused-ring (bicyclic) bond motifs is 1. The highest BCUT2D eigenvalue weighted by Gasteiger charge is 2.29. The molecule has 0 saturated heterocycles. The van der Waals surface area contributed by atoms with Gasteiger partial charge in [-0.15, -0.1) is 0 Å². The molecule has 0 spiro atoms. The normalized spacial score (nSPS) is 13.9. The molecule has 1 heterocycles. The second-order valence-electron chi connectivity index (χ2n) is 8.64. The van der Waals surface area contributed by atoms with Crippen LogP contribution in [0.3, 0.4) is 0 Å². The van der Waals surface area contributed by atoms with Gasteiger partial charge in [0, 0.05) is 11.6 Å². The first kappa shape index (κ1) is 21.8. The Morgan fingerprint density at radius 1 is 0.971 bits per heavy atom. The van der Waals surface area contributed by atoms with Crippen LogP contribution in [0.5, 0.6) is 5.75 Å². The lowest BCUT2D eigenvalue weighted by molar-refractivity contribution is -0.117. The van der Waals surface area contributed by atoms with Crippen LogP contribution in [0.15, 0.2) is 83.3 Å². The fraction of sp³-hybridized carbons (Fsp3) is 0.214. The zero-order chi connectivity index (χ0) is 23.5. The highest BCUT2D eigenvalue weighted by atomic mass is 16.5. The van der Waals surface area contributed by atoms with Gasteiger partial charge in [0.05, 0.1) is 6.04 Å². The van der Waals surface area contributed by atoms with Gasteiger partial charge in [0.25, 0.3) is 5.91 Å². The smallest absolute Gasteiger partial charge is 0.287 e. The zero-order valence-electron chi connectivity index (χ0n) is 18.9. The summed E-state index contributed by atoms with van der Waals surface area (Å²) in [5, 5.41) is 8.12. The fourth-order valence-electron chi connectivity index (χ4n) is 3.79. The molecule has 1 aliphatic rings. The largest absolute Gasteiger partial charge is 0.486 e. The number of hydrogen-bond acceptors (Lipinski definition) is 4. The molecule has 2 N–H and O–H groups in total. The van der Waals surface area contributed by atoms with E-state index >= 15 is 0 Å². The molecule has 6 nitrogen and oxygen atoms in total. The molecule has 1 fully saturated rings. The van der Waals surface area contributed by atoms with Crippen molar-refractivity contribution in [3.05, 3.63) is 95.9 Å². The van der Waals surface area contributed by atoms with Crippen LogP contribution in [0, 0.1) is 5.92 Å². The van der Waals surface area contributed by atoms with E-state index in [1.54, 1.807) is 12.1 Å². The van der Waals surface area contributed by atoms with Crippen LogP contribution >= 0.6 is 0 Å². The van der Waals surface area contributed by atoms with E-state index in [0.29, 0.717) is 5.76 Å². The van der Waals surface area contributed by atoms with Crippen molar-refractivity contribution in [2.75, 3.05) is 5.32 Å². The van der Waals surface area contributed by atoms with Crippen molar-refractivity contribution in [1.82, 2.24) is 5.32 Å². The van der Waals surface area contributed by atoms with E-state index in [1.165, 1.54) is 0 Å². The number of benzene rings is 3. The molecule has 6 heteroatoms. The van der Waals surface area contributed by atoms with Crippen LogP contribution in [0.1, 0.15) is 47.7 Å². The van der Waals surface area contributed by atoms with Gasteiger partial charge in [-0.25, -0.2) is 0 Å². The molecule has 3 aromatic carbocycles. The van der Waals surface area contributed by atoms with Crippen molar-refractivity contribution in [2.24, 2.45) is 5.92 Å². The molecule has 1 saturated carbocycles. The molecule has 0 aliphatic heterocycles. The van der Waals surface area contributed by atoms with E-state index in [9.17, 15) is 9.59 Å². The molecule has 172 valence electrons. The summed E-state index contributed by atoms with van der Waals surface area (Å²) in [5.41, 5.74) is 1.70. The monoisotopic (exact) mass is 454 g/mol. The molecule has 5 rings (SSSR count). The average molecular weight is 455 g/mol. The SMILES string of the molecule is CC(NC(=O)c1ccc(COc2ccc3ccccc3c2)o1)c1ccc(NC(=O)C2CC2)cc1. The van der Waals surface area contributed by atoms with E-state index in [-0.39, 0.29) is 36.1 Å². The molecule has 2 amide bonds. The molecular formula is C28H26N2O4. The number of nitrogens with one attached hydrogen (secondary N) is 2. The highest BCUT2D eigenvalue weighted by Crippen LogP contribution is 2.30. The lowest BCUT2D eigenvalue weighted by atomic mass is 10.1. The topological polar surface area (TPSA) is 80.6 Å². The number of ether oxygens (including phenoxy) is 1. The Kier molecular flexibility index (Phi) is 6.04. The molecule has 4 aromatic rings. The number of furan rings is 1. The summed E-state index contributed by atoms with van der Waals surface area (Å²) in [4.78, 5) is 24.5. The number of carbonyl (C=O) groups excluding carboxylic acids is 2. The minimum absolute atomic E-state index is 0.0762. The van der Waals surface area contributed by atoms with E-state index in [0.717, 1.165) is 40.6 Å². The zero-order valence-corrected chi connectivity index (χ0v) is 18.9. The predicted molar refractivity (Wildman–Crippen MR) is 131 cm³/mol. The van der Waals surface area contributed by atoms with E-state index < -0.39 is 0 Å². The van der Waals surface area contributed by atoms with Gasteiger partial charge in [-0.1, -0.05) is 42.5 Å². The van der Waals surface area contributed by atoms with Gasteiger partial charge in [-0.05, 0) is 72.5 Å². The number of carbonyl (C=O) groups is 2. The number of amides is 2. The second kappa shape index (κ2) is 9.43. The van der Waals surface area contributed by atoms with Crippen LogP contribution in [-0.2, 0) is 11.4 Å². The van der Waals surface area contributed by atoms with Crippen LogP contribution in [-0.4, -0.2) is 11.8 Å². The Morgan fingerprint density at radius 3 is 2.50 bits per heavy atom. The first-order valence-electron chi connectivity index (χ1n) is 11.5. The minimum atomic E-state index is -0.296. The van der Waals surface area contributed by atoms with Gasteiger partial charge in [0.1, 0.15) is 18.1 Å². The summed E-state index contributed by atoms with van der Waals surface area (Å²) in [5.74, 6) is 1.49. The third-order valence-electron chi connectivity index (χ3n) is 5.96. The van der Waals surface area contributed by atoms with Crippen molar-refractivity contribution in [2.45, 2.75) is 32.4 Å². The van der Waals surface area contributed by atoms with Crippen LogP contribution in [0.2, 0.25) is 0 Å². The summed E-state index contributed by atoms with van der Waals surface area (Å²) in [6.07, 6.45) is 1.94. The molecule has 0 bridgehead atoms. The lowest BCUT2D eigenvalue weighted by Crippen LogP contribution is -2.26. The maximum absolute atomic E-state index is 12.7. The Balaban J connectivity index is 1.15. The molecule has 1 aliphatic carbocycles. The lowest BCUT2D eigenvalue weighted by Gasteiger charge is -2.14. The number of rotatable bonds is 8. The molecule has 34 heavy (non-hydrogen) atoms. The van der Waals surface area contributed by atoms with Gasteiger partial charge in [0.2, 0.25) is 5.91 Å². The second-order valence-corrected chi connectivity index (χ2v) is 8.64. The van der Waals surface area contributed by atoms with Gasteiger partial charge in [-0.2, -0.15) is 0 Å². The van der Waals surface area contributed by atoms with Crippen molar-refractivity contribution in [1.29, 1.82) is 0 Å². The summed E-state index contributed by atoms with van der Waals surface area (Å²) < 4.78 is 11.5. The minimum Gasteiger partial charge on any atom is -0.486 e. The summed E-state index contributed by atoms with van der Waals surface area (Å²) in [7, 11) is 0. The maximum atomic E-state index is 12.7. The van der Waals surface area contributed by atoms with Crippen LogP contribution in [0.4, 0.5) is 5.69 Å². The molecule has 1 atom stereocenters. The van der Waals surface area contributed by atoms with Crippen LogP contribution < -0.4 is 15.4 Å². The van der Waals surface area contributed by atoms with Gasteiger partial charge >= 0.3 is 0 Å². The average Bonchev–Trinajstić information content (AvgIpc) is 3.60. The third kappa shape index (κ3) is 5.12. The first-order chi connectivity index (χ1) is 16.5. The van der Waals surface area contributed by atoms with E-state index in [1.807, 2.05) is 67.6 Å². The molecule has 1 aromatic heterocycles. The summed E-state index contributed by atoms with van der Waals surface area (Å²) in [6.45, 7) is 2.14. The first-order valence-corrected chi connectivity index (χ1v) is 11.5. The number of anilines is 1. The standard InChI is InChI=1S/C28H26N2O4/c1-18(19-8-11-23(12-9-19)30-27(31)21-6-7-21)29-28(32)26-15-14-25(34-26)17-33-24-13-10-20-4-2-3-5-22(20)16-24/h2-5,8-16,18,21H,6-7,17H2,1H3,(H,29,32)(H,30,31). The fourth-order valence-corrected chi connectivity index (χ4v) is 3.79. The molecule has 0 radical (unpaired) electrons. The van der Waals surface area contributed by atoms with E-state index in [4.69, 9.17) is 9.15 Å². The Labute approximate surface area is 197 Å². The molecular weight excluding hydrogens is 428 g/mol. The predicted octanol–water partition coefficient (Wildman–Crippen LogP) is 5.85. The molecule has 1 unspecified atom stereocenters. The number of hydrogen-bond donors (Lipinski definition) is 2. The summed E-state index contributed by atoms with van der Waals surface area (Å²) >= 11 is 0. The Morgan fingerprint density at radius 2 is 1.74 bits per heavy atom. The summed E-state index contributed by atoms with van der Waals surface area (Å²) in [6, 6.07) is 24.7. The maximum Gasteiger partial charge on any atom is 0.287 e. The van der Waals surface area contributed by atoms with Crippen molar-refractivity contribution in [3.8, 4) is 5.75 Å². The van der Waals surface area contributed by atoms with E-state index in [2.05, 4.69) is 16.7 Å². The van der Waals surface area contributed by atoms with Crippen molar-refractivity contribution in [3.63, 3.8) is 0 Å². The Hall–Kier alpha value is -4.06. The van der Waals surface area contributed by atoms with Crippen molar-refractivity contribution < 1.29 is 18.7 Å². The quantitative estimate of drug-likeness (QED) is 0.350. The van der Waals surface area contributed by atoms with Crippen molar-refractivity contribution >= 4 is 28.3 Å².